The van der Waals surface area contributed by atoms with E-state index in [2.05, 4.69) is 40.5 Å². The second-order valence-corrected chi connectivity index (χ2v) is 10.1. The van der Waals surface area contributed by atoms with Crippen molar-refractivity contribution in [1.29, 1.82) is 0 Å². The summed E-state index contributed by atoms with van der Waals surface area (Å²) in [6.45, 7) is 6.72. The number of carbonyl (C=O) groups excluding carboxylic acids is 1. The van der Waals surface area contributed by atoms with Crippen LogP contribution in [0.1, 0.15) is 50.5 Å². The van der Waals surface area contributed by atoms with Crippen LogP contribution in [0.5, 0.6) is 0 Å². The van der Waals surface area contributed by atoms with E-state index < -0.39 is 5.60 Å². The number of fused-ring (bicyclic) bond motifs is 1. The Morgan fingerprint density at radius 3 is 2.53 bits per heavy atom. The van der Waals surface area contributed by atoms with E-state index in [9.17, 15) is 4.79 Å². The lowest BCUT2D eigenvalue weighted by Crippen LogP contribution is -2.39. The summed E-state index contributed by atoms with van der Waals surface area (Å²) in [6.07, 6.45) is 7.83. The largest absolute Gasteiger partial charge is 0.456 e. The molecule has 0 saturated carbocycles. The number of ether oxygens (including phenoxy) is 1. The molecule has 0 saturated heterocycles. The number of amides is 1. The van der Waals surface area contributed by atoms with Crippen molar-refractivity contribution in [1.82, 2.24) is 9.88 Å². The zero-order chi connectivity index (χ0) is 25.3. The van der Waals surface area contributed by atoms with Gasteiger partial charge in [-0.2, -0.15) is 0 Å². The molecule has 1 aliphatic carbocycles. The van der Waals surface area contributed by atoms with E-state index in [1.54, 1.807) is 24.4 Å². The first kappa shape index (κ1) is 23.9. The van der Waals surface area contributed by atoms with Gasteiger partial charge in [-0.15, -0.1) is 0 Å². The Balaban J connectivity index is 1.47. The van der Waals surface area contributed by atoms with E-state index in [1.165, 1.54) is 5.56 Å². The van der Waals surface area contributed by atoms with Gasteiger partial charge in [0.2, 0.25) is 0 Å². The number of aromatic nitrogens is 1. The molecule has 7 heteroatoms. The summed E-state index contributed by atoms with van der Waals surface area (Å²) in [7, 11) is 1.58. The highest BCUT2D eigenvalue weighted by Gasteiger charge is 2.26. The van der Waals surface area contributed by atoms with Gasteiger partial charge in [0.05, 0.1) is 5.71 Å². The minimum absolute atomic E-state index is 0.287. The number of rotatable bonds is 4. The molecule has 2 aliphatic rings. The molecule has 0 bridgehead atoms. The van der Waals surface area contributed by atoms with Gasteiger partial charge in [0.1, 0.15) is 24.2 Å². The lowest BCUT2D eigenvalue weighted by molar-refractivity contribution is 0.0270. The van der Waals surface area contributed by atoms with Gasteiger partial charge in [-0.25, -0.2) is 4.79 Å². The maximum atomic E-state index is 12.5. The van der Waals surface area contributed by atoms with Crippen LogP contribution in [0, 0.1) is 0 Å². The fourth-order valence-electron chi connectivity index (χ4n) is 4.71. The van der Waals surface area contributed by atoms with E-state index in [0.29, 0.717) is 19.5 Å². The standard InChI is InChI=1S/C29H31N3O4/c1-29(2,3)36-28(33)32-15-11-19(12-16-32)26-18-24(27(35-26)20-9-13-30-14-10-20)22-5-7-23-21(17-22)6-8-25(23)31-34-4/h5,7,9-11,13-14,17-18H,6,8,12,15-16H2,1-4H3. The van der Waals surface area contributed by atoms with Gasteiger partial charge in [0.15, 0.2) is 0 Å². The Morgan fingerprint density at radius 1 is 1.03 bits per heavy atom. The monoisotopic (exact) mass is 485 g/mol. The van der Waals surface area contributed by atoms with Crippen molar-refractivity contribution in [3.05, 3.63) is 71.8 Å². The number of aryl methyl sites for hydroxylation is 1. The van der Waals surface area contributed by atoms with E-state index in [1.807, 2.05) is 32.9 Å². The average molecular weight is 486 g/mol. The third kappa shape index (κ3) is 4.91. The molecular formula is C29H31N3O4. The van der Waals surface area contributed by atoms with Crippen LogP contribution in [0.2, 0.25) is 0 Å². The number of hydrogen-bond donors (Lipinski definition) is 0. The average Bonchev–Trinajstić information content (AvgIpc) is 3.48. The number of nitrogens with zero attached hydrogens (tertiary/aromatic N) is 3. The van der Waals surface area contributed by atoms with Crippen molar-refractivity contribution in [3.8, 4) is 22.5 Å². The van der Waals surface area contributed by atoms with Crippen LogP contribution in [0.15, 0.2) is 64.4 Å². The van der Waals surface area contributed by atoms with E-state index in [4.69, 9.17) is 14.0 Å². The molecule has 7 nitrogen and oxygen atoms in total. The lowest BCUT2D eigenvalue weighted by Gasteiger charge is -2.29. The predicted octanol–water partition coefficient (Wildman–Crippen LogP) is 6.33. The molecule has 1 aliphatic heterocycles. The Hall–Kier alpha value is -3.87. The topological polar surface area (TPSA) is 77.2 Å². The molecule has 5 rings (SSSR count). The summed E-state index contributed by atoms with van der Waals surface area (Å²) in [5.41, 5.74) is 7.08. The molecule has 3 heterocycles. The molecule has 0 radical (unpaired) electrons. The van der Waals surface area contributed by atoms with Crippen LogP contribution in [-0.2, 0) is 16.0 Å². The van der Waals surface area contributed by atoms with Crippen LogP contribution in [0.4, 0.5) is 4.79 Å². The van der Waals surface area contributed by atoms with Crippen LogP contribution < -0.4 is 0 Å². The molecule has 0 spiro atoms. The summed E-state index contributed by atoms with van der Waals surface area (Å²) in [5, 5.41) is 4.18. The third-order valence-electron chi connectivity index (χ3n) is 6.41. The normalized spacial score (nSPS) is 16.6. The molecule has 3 aromatic rings. The number of pyridine rings is 1. The summed E-state index contributed by atoms with van der Waals surface area (Å²) >= 11 is 0. The molecular weight excluding hydrogens is 454 g/mol. The smallest absolute Gasteiger partial charge is 0.410 e. The first-order valence-electron chi connectivity index (χ1n) is 12.3. The molecule has 36 heavy (non-hydrogen) atoms. The number of furan rings is 1. The van der Waals surface area contributed by atoms with Crippen molar-refractivity contribution in [3.63, 3.8) is 0 Å². The summed E-state index contributed by atoms with van der Waals surface area (Å²) < 4.78 is 12.0. The summed E-state index contributed by atoms with van der Waals surface area (Å²) in [4.78, 5) is 23.4. The highest BCUT2D eigenvalue weighted by Crippen LogP contribution is 2.40. The highest BCUT2D eigenvalue weighted by atomic mass is 16.6. The van der Waals surface area contributed by atoms with Crippen molar-refractivity contribution >= 4 is 17.4 Å². The Morgan fingerprint density at radius 2 is 1.83 bits per heavy atom. The van der Waals surface area contributed by atoms with Crippen molar-refractivity contribution in [2.75, 3.05) is 20.2 Å². The third-order valence-corrected chi connectivity index (χ3v) is 6.41. The summed E-state index contributed by atoms with van der Waals surface area (Å²) in [5.74, 6) is 1.63. The van der Waals surface area contributed by atoms with Gasteiger partial charge in [0.25, 0.3) is 0 Å². The molecule has 0 N–H and O–H groups in total. The number of hydrogen-bond acceptors (Lipinski definition) is 6. The quantitative estimate of drug-likeness (QED) is 0.404. The van der Waals surface area contributed by atoms with Crippen LogP contribution in [-0.4, -0.2) is 47.5 Å². The first-order chi connectivity index (χ1) is 17.3. The molecule has 1 aromatic carbocycles. The minimum Gasteiger partial charge on any atom is -0.456 e. The van der Waals surface area contributed by atoms with E-state index in [-0.39, 0.29) is 6.09 Å². The predicted molar refractivity (Wildman–Crippen MR) is 140 cm³/mol. The Bertz CT molecular complexity index is 1330. The van der Waals surface area contributed by atoms with Crippen LogP contribution in [0.25, 0.3) is 28.0 Å². The molecule has 0 atom stereocenters. The van der Waals surface area contributed by atoms with Crippen molar-refractivity contribution in [2.24, 2.45) is 5.16 Å². The van der Waals surface area contributed by atoms with Crippen LogP contribution >= 0.6 is 0 Å². The van der Waals surface area contributed by atoms with Crippen molar-refractivity contribution in [2.45, 2.75) is 45.6 Å². The van der Waals surface area contributed by atoms with Gasteiger partial charge in [-0.3, -0.25) is 4.98 Å². The van der Waals surface area contributed by atoms with Gasteiger partial charge in [-0.1, -0.05) is 29.4 Å². The SMILES string of the molecule is CON=C1CCc2cc(-c3cc(C4=CCN(C(=O)OC(C)(C)C)CC4)oc3-c3ccncc3)ccc21. The Kier molecular flexibility index (Phi) is 6.39. The second kappa shape index (κ2) is 9.64. The lowest BCUT2D eigenvalue weighted by atomic mass is 9.97. The van der Waals surface area contributed by atoms with Crippen LogP contribution in [0.3, 0.4) is 0 Å². The van der Waals surface area contributed by atoms with E-state index in [0.717, 1.165) is 57.9 Å². The highest BCUT2D eigenvalue weighted by molar-refractivity contribution is 6.04. The fraction of sp³-hybridized carbons (Fsp3) is 0.345. The van der Waals surface area contributed by atoms with Gasteiger partial charge < -0.3 is 18.9 Å². The number of benzene rings is 1. The minimum atomic E-state index is -0.511. The molecule has 2 aromatic heterocycles. The maximum absolute atomic E-state index is 12.5. The maximum Gasteiger partial charge on any atom is 0.410 e. The number of carbonyl (C=O) groups is 1. The fourth-order valence-corrected chi connectivity index (χ4v) is 4.71. The molecule has 0 fully saturated rings. The van der Waals surface area contributed by atoms with Gasteiger partial charge in [0, 0.05) is 42.2 Å². The molecule has 0 unspecified atom stereocenters. The summed E-state index contributed by atoms with van der Waals surface area (Å²) in [6, 6.07) is 12.5. The van der Waals surface area contributed by atoms with Gasteiger partial charge >= 0.3 is 6.09 Å². The van der Waals surface area contributed by atoms with Crippen molar-refractivity contribution < 1.29 is 18.8 Å². The number of oxime groups is 1. The molecule has 186 valence electrons. The van der Waals surface area contributed by atoms with Gasteiger partial charge in [-0.05, 0) is 74.9 Å². The Labute approximate surface area is 211 Å². The zero-order valence-corrected chi connectivity index (χ0v) is 21.2. The molecule has 1 amide bonds. The second-order valence-electron chi connectivity index (χ2n) is 10.1. The first-order valence-corrected chi connectivity index (χ1v) is 12.3. The zero-order valence-electron chi connectivity index (χ0n) is 21.2. The van der Waals surface area contributed by atoms with E-state index >= 15 is 0 Å².